The average Bonchev–Trinajstić information content (AvgIpc) is 4.00. The first-order valence-electron chi connectivity index (χ1n) is 27.2. The Hall–Kier alpha value is -9.91. The molecule has 83 heavy (non-hydrogen) atoms. The summed E-state index contributed by atoms with van der Waals surface area (Å²) in [4.78, 5) is 59.5. The quantitative estimate of drug-likeness (QED) is 0.110. The number of aromatic amines is 2. The SMILES string of the molecule is Cn1c2cccc(C#N)c2c2ncnc(N3CCN(CCc4ccc(F)c(F)c4)CC3)c21.O=C(Nc1ccccn1)c1cccc2[nH]c3c(N4CCN(CCc5ccc(F)c(F)c5)CC4)ncnc3c12.c1ccc2c(c1)[nH]c1cncnc12. The topological polar surface area (TPSA) is 193 Å². The highest BCUT2D eigenvalue weighted by molar-refractivity contribution is 6.20. The first-order chi connectivity index (χ1) is 40.6. The number of aromatic nitrogens is 10. The predicted molar refractivity (Wildman–Crippen MR) is 313 cm³/mol. The normalized spacial score (nSPS) is 14.0. The van der Waals surface area contributed by atoms with Crippen LogP contribution in [0.3, 0.4) is 0 Å². The van der Waals surface area contributed by atoms with Crippen molar-refractivity contribution in [3.63, 3.8) is 0 Å². The van der Waals surface area contributed by atoms with E-state index in [1.807, 2.05) is 61.6 Å². The molecule has 17 nitrogen and oxygen atoms in total. The van der Waals surface area contributed by atoms with Gasteiger partial charge in [-0.15, -0.1) is 0 Å². The number of anilines is 3. The van der Waals surface area contributed by atoms with Gasteiger partial charge >= 0.3 is 0 Å². The molecule has 7 aromatic heterocycles. The molecule has 2 fully saturated rings. The lowest BCUT2D eigenvalue weighted by atomic mass is 10.1. The van der Waals surface area contributed by atoms with Crippen LogP contribution in [-0.2, 0) is 19.9 Å². The van der Waals surface area contributed by atoms with E-state index in [4.69, 9.17) is 0 Å². The summed E-state index contributed by atoms with van der Waals surface area (Å²) in [6, 6.07) is 35.2. The average molecular weight is 1120 g/mol. The molecule has 0 atom stereocenters. The Bertz CT molecular complexity index is 4320. The molecule has 3 N–H and O–H groups in total. The van der Waals surface area contributed by atoms with Crippen molar-refractivity contribution >= 4 is 89.2 Å². The maximum absolute atomic E-state index is 13.5. The third kappa shape index (κ3) is 11.2. The Labute approximate surface area is 472 Å². The zero-order valence-corrected chi connectivity index (χ0v) is 45.1. The molecule has 0 aliphatic carbocycles. The van der Waals surface area contributed by atoms with Gasteiger partial charge in [0.15, 0.2) is 34.9 Å². The second kappa shape index (κ2) is 23.7. The maximum atomic E-state index is 13.5. The number of pyridine rings is 1. The number of nitrogens with one attached hydrogen (secondary N) is 3. The molecule has 14 rings (SSSR count). The third-order valence-corrected chi connectivity index (χ3v) is 15.3. The molecule has 0 spiro atoms. The third-order valence-electron chi connectivity index (χ3n) is 15.3. The largest absolute Gasteiger partial charge is 0.352 e. The van der Waals surface area contributed by atoms with Crippen molar-refractivity contribution < 1.29 is 22.4 Å². The number of hydrogen-bond acceptors (Lipinski definition) is 13. The summed E-state index contributed by atoms with van der Waals surface area (Å²) < 4.78 is 55.4. The number of fused-ring (bicyclic) bond motifs is 9. The summed E-state index contributed by atoms with van der Waals surface area (Å²) in [6.45, 7) is 7.99. The second-order valence-corrected chi connectivity index (χ2v) is 20.3. The van der Waals surface area contributed by atoms with E-state index in [0.29, 0.717) is 35.3 Å². The van der Waals surface area contributed by atoms with Crippen LogP contribution in [0.25, 0.3) is 65.8 Å². The van der Waals surface area contributed by atoms with Crippen LogP contribution in [0.2, 0.25) is 0 Å². The van der Waals surface area contributed by atoms with Crippen LogP contribution in [0.1, 0.15) is 27.0 Å². The van der Waals surface area contributed by atoms with E-state index in [1.54, 1.807) is 55.4 Å². The van der Waals surface area contributed by atoms with E-state index >= 15 is 0 Å². The van der Waals surface area contributed by atoms with Gasteiger partial charge in [0.05, 0.1) is 39.9 Å². The van der Waals surface area contributed by atoms with E-state index in [9.17, 15) is 27.6 Å². The van der Waals surface area contributed by atoms with E-state index in [0.717, 1.165) is 149 Å². The summed E-state index contributed by atoms with van der Waals surface area (Å²) >= 11 is 0. The van der Waals surface area contributed by atoms with Crippen LogP contribution >= 0.6 is 0 Å². The molecule has 0 saturated carbocycles. The van der Waals surface area contributed by atoms with E-state index < -0.39 is 23.3 Å². The second-order valence-electron chi connectivity index (χ2n) is 20.3. The van der Waals surface area contributed by atoms with Crippen LogP contribution in [0.4, 0.5) is 35.0 Å². The van der Waals surface area contributed by atoms with Gasteiger partial charge in [-0.1, -0.05) is 48.5 Å². The number of nitriles is 1. The molecule has 2 aliphatic rings. The molecule has 2 aliphatic heterocycles. The van der Waals surface area contributed by atoms with Gasteiger partial charge < -0.3 is 29.7 Å². The molecule has 0 bridgehead atoms. The highest BCUT2D eigenvalue weighted by Gasteiger charge is 2.26. The first kappa shape index (κ1) is 53.7. The smallest absolute Gasteiger partial charge is 0.257 e. The number of para-hydroxylation sites is 1. The Balaban J connectivity index is 0.000000136. The molecule has 416 valence electrons. The summed E-state index contributed by atoms with van der Waals surface area (Å²) in [5.74, 6) is -1.35. The molecule has 0 radical (unpaired) electrons. The number of rotatable bonds is 10. The van der Waals surface area contributed by atoms with Gasteiger partial charge in [0.1, 0.15) is 46.9 Å². The fourth-order valence-electron chi connectivity index (χ4n) is 11.1. The van der Waals surface area contributed by atoms with Crippen molar-refractivity contribution in [2.45, 2.75) is 12.8 Å². The number of benzene rings is 5. The lowest BCUT2D eigenvalue weighted by molar-refractivity contribution is 0.102. The van der Waals surface area contributed by atoms with Gasteiger partial charge in [0.25, 0.3) is 5.91 Å². The Morgan fingerprint density at radius 2 is 1.22 bits per heavy atom. The molecule has 0 unspecified atom stereocenters. The fourth-order valence-corrected chi connectivity index (χ4v) is 11.1. The molecule has 5 aromatic carbocycles. The van der Waals surface area contributed by atoms with Gasteiger partial charge in [0, 0.05) is 106 Å². The van der Waals surface area contributed by atoms with E-state index in [-0.39, 0.29) is 5.91 Å². The molecular formula is C62H54F4N16O. The number of carbonyl (C=O) groups is 1. The van der Waals surface area contributed by atoms with Crippen LogP contribution in [-0.4, -0.2) is 131 Å². The Kier molecular flexibility index (Phi) is 15.3. The van der Waals surface area contributed by atoms with Crippen molar-refractivity contribution in [3.8, 4) is 6.07 Å². The zero-order valence-electron chi connectivity index (χ0n) is 45.1. The number of nitrogens with zero attached hydrogens (tertiary/aromatic N) is 13. The Morgan fingerprint density at radius 3 is 1.89 bits per heavy atom. The van der Waals surface area contributed by atoms with Crippen LogP contribution in [0, 0.1) is 34.6 Å². The predicted octanol–water partition coefficient (Wildman–Crippen LogP) is 10.1. The van der Waals surface area contributed by atoms with E-state index in [1.165, 1.54) is 30.6 Å². The van der Waals surface area contributed by atoms with Crippen LogP contribution in [0.15, 0.2) is 147 Å². The monoisotopic (exact) mass is 1110 g/mol. The van der Waals surface area contributed by atoms with Gasteiger partial charge in [-0.2, -0.15) is 5.26 Å². The van der Waals surface area contributed by atoms with Crippen molar-refractivity contribution in [1.82, 2.24) is 59.2 Å². The van der Waals surface area contributed by atoms with Crippen molar-refractivity contribution in [1.29, 1.82) is 5.26 Å². The zero-order chi connectivity index (χ0) is 57.0. The number of aryl methyl sites for hydroxylation is 1. The number of H-pyrrole nitrogens is 2. The van der Waals surface area contributed by atoms with E-state index in [2.05, 4.69) is 86.5 Å². The highest BCUT2D eigenvalue weighted by Crippen LogP contribution is 2.35. The lowest BCUT2D eigenvalue weighted by Gasteiger charge is -2.35. The summed E-state index contributed by atoms with van der Waals surface area (Å²) in [6.07, 6.45) is 9.43. The standard InChI is InChI=1S/C28H25F2N7O.C24H22F2N6.C10H7N3/c29-20-8-7-18(16-21(20)30)9-11-36-12-14-37(15-13-36)27-26-25(32-17-33-27)24-19(4-3-5-22(24)34-26)28(38)35-23-6-1-2-10-31-23;1-30-20-4-2-3-17(14-27)21(20)22-23(30)24(29-15-28-22)32-11-9-31(10-12-32)8-7-16-5-6-18(25)19(26)13-16;1-2-4-8-7(3-1)10-9(13-8)5-11-6-12-10/h1-8,10,16-17,34H,9,11-15H2,(H,31,35,38);2-6,13,15H,7-12H2,1H3;1-6,13H. The Morgan fingerprint density at radius 1 is 0.590 bits per heavy atom. The maximum Gasteiger partial charge on any atom is 0.257 e. The summed E-state index contributed by atoms with van der Waals surface area (Å²) in [5, 5.41) is 15.2. The van der Waals surface area contributed by atoms with Gasteiger partial charge in [0.2, 0.25) is 0 Å². The number of carbonyl (C=O) groups excluding carboxylic acids is 1. The summed E-state index contributed by atoms with van der Waals surface area (Å²) in [7, 11) is 1.98. The van der Waals surface area contributed by atoms with Crippen molar-refractivity contribution in [2.24, 2.45) is 7.05 Å². The number of piperazine rings is 2. The number of halogens is 4. The summed E-state index contributed by atoms with van der Waals surface area (Å²) in [5.41, 5.74) is 10.8. The minimum atomic E-state index is -0.823. The van der Waals surface area contributed by atoms with Gasteiger partial charge in [-0.25, -0.2) is 52.4 Å². The first-order valence-corrected chi connectivity index (χ1v) is 27.2. The molecular weight excluding hydrogens is 1060 g/mol. The van der Waals surface area contributed by atoms with Gasteiger partial charge in [-0.3, -0.25) is 14.6 Å². The van der Waals surface area contributed by atoms with Crippen LogP contribution < -0.4 is 15.1 Å². The number of hydrogen-bond donors (Lipinski definition) is 3. The molecule has 2 saturated heterocycles. The van der Waals surface area contributed by atoms with Crippen LogP contribution in [0.5, 0.6) is 0 Å². The molecule has 9 heterocycles. The number of amides is 1. The van der Waals surface area contributed by atoms with Gasteiger partial charge in [-0.05, 0) is 90.7 Å². The fraction of sp³-hybridized carbons (Fsp3) is 0.210. The molecule has 12 aromatic rings. The minimum absolute atomic E-state index is 0.259. The van der Waals surface area contributed by atoms with Crippen molar-refractivity contribution in [2.75, 3.05) is 80.6 Å². The molecule has 21 heteroatoms. The molecule has 1 amide bonds. The highest BCUT2D eigenvalue weighted by atomic mass is 19.2. The minimum Gasteiger partial charge on any atom is -0.352 e. The van der Waals surface area contributed by atoms with Crippen molar-refractivity contribution in [3.05, 3.63) is 192 Å². The lowest BCUT2D eigenvalue weighted by Crippen LogP contribution is -2.47.